The lowest BCUT2D eigenvalue weighted by atomic mass is 9.99. The molecule has 0 amide bonds. The fraction of sp³-hybridized carbons (Fsp3) is 0.440. The van der Waals surface area contributed by atoms with E-state index in [1.165, 1.54) is 30.4 Å². The second-order valence-corrected chi connectivity index (χ2v) is 8.54. The Kier molecular flexibility index (Phi) is 9.37. The van der Waals surface area contributed by atoms with Crippen molar-refractivity contribution in [3.63, 3.8) is 0 Å². The van der Waals surface area contributed by atoms with Crippen molar-refractivity contribution in [1.29, 1.82) is 0 Å². The van der Waals surface area contributed by atoms with Crippen LogP contribution < -0.4 is 0 Å². The highest BCUT2D eigenvalue weighted by molar-refractivity contribution is 5.91. The van der Waals surface area contributed by atoms with Crippen LogP contribution >= 0.6 is 0 Å². The molecule has 11 heteroatoms. The van der Waals surface area contributed by atoms with E-state index in [1.54, 1.807) is 19.1 Å². The summed E-state index contributed by atoms with van der Waals surface area (Å²) in [7, 11) is 0. The van der Waals surface area contributed by atoms with Crippen LogP contribution in [0.1, 0.15) is 18.9 Å². The number of aliphatic hydroxyl groups is 4. The van der Waals surface area contributed by atoms with E-state index in [4.69, 9.17) is 18.9 Å². The van der Waals surface area contributed by atoms with Crippen molar-refractivity contribution in [2.75, 3.05) is 13.2 Å². The molecule has 5 N–H and O–H groups in total. The van der Waals surface area contributed by atoms with Crippen LogP contribution in [0.5, 0.6) is 5.75 Å². The molecule has 36 heavy (non-hydrogen) atoms. The van der Waals surface area contributed by atoms with Gasteiger partial charge >= 0.3 is 11.9 Å². The average molecular weight is 507 g/mol. The van der Waals surface area contributed by atoms with Gasteiger partial charge in [-0.1, -0.05) is 18.7 Å². The van der Waals surface area contributed by atoms with Crippen molar-refractivity contribution >= 4 is 18.0 Å². The van der Waals surface area contributed by atoms with Gasteiger partial charge in [0.2, 0.25) is 0 Å². The maximum absolute atomic E-state index is 12.3. The van der Waals surface area contributed by atoms with Crippen LogP contribution in [0.3, 0.4) is 0 Å². The summed E-state index contributed by atoms with van der Waals surface area (Å²) in [5.41, 5.74) is 1.39. The fourth-order valence-electron chi connectivity index (χ4n) is 3.75. The second kappa shape index (κ2) is 12.3. The monoisotopic (exact) mass is 506 g/mol. The summed E-state index contributed by atoms with van der Waals surface area (Å²) in [6.45, 7) is 4.66. The topological polar surface area (TPSA) is 172 Å². The third kappa shape index (κ3) is 6.78. The van der Waals surface area contributed by atoms with Crippen LogP contribution in [-0.4, -0.2) is 93.6 Å². The molecule has 2 heterocycles. The first-order chi connectivity index (χ1) is 17.1. The Bertz CT molecular complexity index is 998. The number of rotatable bonds is 9. The molecule has 2 fully saturated rings. The molecule has 3 rings (SSSR count). The number of carbonyl (C=O) groups excluding carboxylic acids is 2. The second-order valence-electron chi connectivity index (χ2n) is 8.54. The van der Waals surface area contributed by atoms with E-state index in [1.807, 2.05) is 0 Å². The smallest absolute Gasteiger partial charge is 0.334 e. The van der Waals surface area contributed by atoms with Gasteiger partial charge in [-0.15, -0.1) is 0 Å². The minimum absolute atomic E-state index is 0.0996. The molecule has 11 nitrogen and oxygen atoms in total. The van der Waals surface area contributed by atoms with Crippen molar-refractivity contribution in [2.24, 2.45) is 0 Å². The summed E-state index contributed by atoms with van der Waals surface area (Å²) in [5.74, 6) is -1.21. The standard InChI is InChI=1S/C25H30O11/c1-13(2)23(36-19(28)8-5-14-3-6-16(27)7-4-14)17-11-15(24(32)34-17)9-10-33-25-22(31)21(30)20(29)18(12-26)35-25/h3-9,17-18,20-23,25-27,29-31H,1,10-12H2,2H3/t17-,18+,20+,21-,22+,23-,25+/m0/s1. The SMILES string of the molecule is C=C(C)[C@H](OC(=O)C=Cc1ccc(O)cc1)[C@@H]1CC(=CCO[C@@H]2O[C@H](CO)[C@@H](O)[C@H](O)[C@H]2O)C(=O)O1. The number of hydrogen-bond donors (Lipinski definition) is 5. The normalized spacial score (nSPS) is 30.4. The molecule has 2 aliphatic rings. The largest absolute Gasteiger partial charge is 0.508 e. The lowest BCUT2D eigenvalue weighted by Crippen LogP contribution is -2.59. The third-order valence-corrected chi connectivity index (χ3v) is 5.75. The fourth-order valence-corrected chi connectivity index (χ4v) is 3.75. The minimum atomic E-state index is -1.58. The number of hydrogen-bond acceptors (Lipinski definition) is 11. The first-order valence-electron chi connectivity index (χ1n) is 11.3. The average Bonchev–Trinajstić information content (AvgIpc) is 3.21. The Labute approximate surface area is 207 Å². The molecule has 196 valence electrons. The summed E-state index contributed by atoms with van der Waals surface area (Å²) >= 11 is 0. The van der Waals surface area contributed by atoms with E-state index in [-0.39, 0.29) is 24.4 Å². The number of aromatic hydroxyl groups is 1. The van der Waals surface area contributed by atoms with E-state index < -0.39 is 61.5 Å². The highest BCUT2D eigenvalue weighted by atomic mass is 16.7. The Hall–Kier alpha value is -3.06. The maximum atomic E-state index is 12.3. The van der Waals surface area contributed by atoms with E-state index in [2.05, 4.69) is 6.58 Å². The van der Waals surface area contributed by atoms with Crippen molar-refractivity contribution in [3.8, 4) is 5.75 Å². The molecule has 0 aromatic heterocycles. The Balaban J connectivity index is 1.57. The summed E-state index contributed by atoms with van der Waals surface area (Å²) in [4.78, 5) is 24.7. The van der Waals surface area contributed by atoms with Crippen LogP contribution in [0.2, 0.25) is 0 Å². The number of carbonyl (C=O) groups is 2. The Morgan fingerprint density at radius 1 is 1.19 bits per heavy atom. The van der Waals surface area contributed by atoms with Crippen LogP contribution in [0.4, 0.5) is 0 Å². The first-order valence-corrected chi connectivity index (χ1v) is 11.3. The Morgan fingerprint density at radius 2 is 1.89 bits per heavy atom. The van der Waals surface area contributed by atoms with Crippen molar-refractivity contribution < 1.29 is 54.1 Å². The van der Waals surface area contributed by atoms with Gasteiger partial charge < -0.3 is 44.5 Å². The van der Waals surface area contributed by atoms with Crippen LogP contribution in [0.15, 0.2) is 54.1 Å². The summed E-state index contributed by atoms with van der Waals surface area (Å²) in [6.07, 6.45) is -4.58. The summed E-state index contributed by atoms with van der Waals surface area (Å²) in [5, 5.41) is 48.2. The van der Waals surface area contributed by atoms with Crippen LogP contribution in [0.25, 0.3) is 6.08 Å². The zero-order valence-electron chi connectivity index (χ0n) is 19.6. The number of esters is 2. The van der Waals surface area contributed by atoms with Crippen LogP contribution in [-0.2, 0) is 28.5 Å². The molecule has 0 unspecified atom stereocenters. The van der Waals surface area contributed by atoms with Crippen molar-refractivity contribution in [1.82, 2.24) is 0 Å². The zero-order valence-corrected chi connectivity index (χ0v) is 19.6. The summed E-state index contributed by atoms with van der Waals surface area (Å²) < 4.78 is 21.5. The van der Waals surface area contributed by atoms with Gasteiger partial charge in [0.25, 0.3) is 0 Å². The Morgan fingerprint density at radius 3 is 2.53 bits per heavy atom. The highest BCUT2D eigenvalue weighted by Crippen LogP contribution is 2.28. The maximum Gasteiger partial charge on any atom is 0.334 e. The van der Waals surface area contributed by atoms with E-state index in [0.717, 1.165) is 0 Å². The molecular formula is C25H30O11. The van der Waals surface area contributed by atoms with Gasteiger partial charge in [0.15, 0.2) is 12.4 Å². The highest BCUT2D eigenvalue weighted by Gasteiger charge is 2.44. The van der Waals surface area contributed by atoms with Gasteiger partial charge in [-0.05, 0) is 42.3 Å². The van der Waals surface area contributed by atoms with Crippen molar-refractivity contribution in [2.45, 2.75) is 56.3 Å². The van der Waals surface area contributed by atoms with Gasteiger partial charge in [0, 0.05) is 18.1 Å². The summed E-state index contributed by atoms with van der Waals surface area (Å²) in [6, 6.07) is 6.21. The molecule has 0 radical (unpaired) electrons. The van der Waals surface area contributed by atoms with Gasteiger partial charge in [-0.2, -0.15) is 0 Å². The first kappa shape index (κ1) is 27.5. The molecule has 7 atom stereocenters. The van der Waals surface area contributed by atoms with Gasteiger partial charge in [0.05, 0.1) is 13.2 Å². The quantitative estimate of drug-likeness (QED) is 0.173. The molecule has 2 aliphatic heterocycles. The third-order valence-electron chi connectivity index (χ3n) is 5.75. The molecule has 0 spiro atoms. The van der Waals surface area contributed by atoms with Gasteiger partial charge in [0.1, 0.15) is 36.3 Å². The van der Waals surface area contributed by atoms with E-state index in [0.29, 0.717) is 11.1 Å². The predicted molar refractivity (Wildman–Crippen MR) is 124 cm³/mol. The van der Waals surface area contributed by atoms with Crippen molar-refractivity contribution in [3.05, 3.63) is 59.7 Å². The minimum Gasteiger partial charge on any atom is -0.508 e. The van der Waals surface area contributed by atoms with E-state index in [9.17, 15) is 35.1 Å². The molecule has 0 aliphatic carbocycles. The zero-order chi connectivity index (χ0) is 26.4. The molecule has 1 aromatic rings. The van der Waals surface area contributed by atoms with Gasteiger partial charge in [-0.3, -0.25) is 0 Å². The van der Waals surface area contributed by atoms with E-state index >= 15 is 0 Å². The lowest BCUT2D eigenvalue weighted by molar-refractivity contribution is -0.298. The number of cyclic esters (lactones) is 1. The van der Waals surface area contributed by atoms with Crippen LogP contribution in [0, 0.1) is 0 Å². The molecular weight excluding hydrogens is 476 g/mol. The number of benzene rings is 1. The molecule has 0 bridgehead atoms. The number of ether oxygens (including phenoxy) is 4. The lowest BCUT2D eigenvalue weighted by Gasteiger charge is -2.39. The number of aliphatic hydroxyl groups excluding tert-OH is 4. The van der Waals surface area contributed by atoms with Gasteiger partial charge in [-0.25, -0.2) is 9.59 Å². The number of phenolic OH excluding ortho intramolecular Hbond substituents is 1. The molecule has 1 aromatic carbocycles. The predicted octanol–water partition coefficient (Wildman–Crippen LogP) is -0.0483. The molecule has 0 saturated carbocycles. The molecule has 2 saturated heterocycles. The number of phenols is 1.